The van der Waals surface area contributed by atoms with E-state index in [1.54, 1.807) is 0 Å². The van der Waals surface area contributed by atoms with Crippen molar-refractivity contribution >= 4 is 11.8 Å². The van der Waals surface area contributed by atoms with Crippen LogP contribution in [0.1, 0.15) is 13.3 Å². The summed E-state index contributed by atoms with van der Waals surface area (Å²) in [6.45, 7) is 2.20. The second-order valence-electron chi connectivity index (χ2n) is 1.72. The average Bonchev–Trinajstić information content (AvgIpc) is 1.33. The number of thioether (sulfide) groups is 1. The summed E-state index contributed by atoms with van der Waals surface area (Å²) in [5, 5.41) is 1.29. The molecule has 0 amide bonds. The monoisotopic (exact) mass is 103 g/mol. The van der Waals surface area contributed by atoms with Gasteiger partial charge in [-0.2, -0.15) is 0 Å². The zero-order valence-corrected chi connectivity index (χ0v) is 4.66. The van der Waals surface area contributed by atoms with Gasteiger partial charge < -0.3 is 5.73 Å². The van der Waals surface area contributed by atoms with Gasteiger partial charge in [0.05, 0.1) is 5.37 Å². The van der Waals surface area contributed by atoms with Crippen LogP contribution in [-0.2, 0) is 0 Å². The Morgan fingerprint density at radius 2 is 2.33 bits per heavy atom. The van der Waals surface area contributed by atoms with Gasteiger partial charge in [0.1, 0.15) is 0 Å². The molecule has 0 aliphatic carbocycles. The Morgan fingerprint density at radius 3 is 2.33 bits per heavy atom. The van der Waals surface area contributed by atoms with Crippen molar-refractivity contribution in [2.75, 3.05) is 0 Å². The molecule has 0 aromatic heterocycles. The van der Waals surface area contributed by atoms with Crippen LogP contribution in [0.5, 0.6) is 0 Å². The van der Waals surface area contributed by atoms with Crippen molar-refractivity contribution in [1.29, 1.82) is 0 Å². The molecule has 1 aliphatic heterocycles. The van der Waals surface area contributed by atoms with E-state index in [-0.39, 0.29) is 0 Å². The molecular formula is C4H9NS. The van der Waals surface area contributed by atoms with Crippen LogP contribution in [0, 0.1) is 0 Å². The van der Waals surface area contributed by atoms with Crippen LogP contribution >= 0.6 is 11.8 Å². The first kappa shape index (κ1) is 4.47. The summed E-state index contributed by atoms with van der Waals surface area (Å²) < 4.78 is 0. The van der Waals surface area contributed by atoms with E-state index in [1.165, 1.54) is 6.42 Å². The molecule has 0 spiro atoms. The average molecular weight is 103 g/mol. The Labute approximate surface area is 42.3 Å². The summed E-state index contributed by atoms with van der Waals surface area (Å²) in [6, 6.07) is 0. The van der Waals surface area contributed by atoms with Gasteiger partial charge >= 0.3 is 0 Å². The fourth-order valence-electron chi connectivity index (χ4n) is 0.614. The Kier molecular flexibility index (Phi) is 1.06. The number of nitrogens with two attached hydrogens (primary N) is 1. The van der Waals surface area contributed by atoms with E-state index in [2.05, 4.69) is 6.92 Å². The van der Waals surface area contributed by atoms with Gasteiger partial charge in [0.25, 0.3) is 0 Å². The smallest absolute Gasteiger partial charge is 0.0520 e. The zero-order valence-electron chi connectivity index (χ0n) is 3.85. The first-order valence-corrected chi connectivity index (χ1v) is 3.14. The van der Waals surface area contributed by atoms with Crippen molar-refractivity contribution in [3.05, 3.63) is 0 Å². The largest absolute Gasteiger partial charge is 0.319 e. The highest BCUT2D eigenvalue weighted by Gasteiger charge is 2.21. The lowest BCUT2D eigenvalue weighted by Crippen LogP contribution is -2.31. The molecule has 2 atom stereocenters. The third kappa shape index (κ3) is 0.684. The molecule has 0 aromatic carbocycles. The highest BCUT2D eigenvalue weighted by molar-refractivity contribution is 8.01. The van der Waals surface area contributed by atoms with Crippen molar-refractivity contribution < 1.29 is 0 Å². The van der Waals surface area contributed by atoms with E-state index in [9.17, 15) is 0 Å². The molecule has 1 fully saturated rings. The van der Waals surface area contributed by atoms with Crippen molar-refractivity contribution in [1.82, 2.24) is 0 Å². The second kappa shape index (κ2) is 1.43. The van der Waals surface area contributed by atoms with Gasteiger partial charge in [-0.1, -0.05) is 6.92 Å². The quantitative estimate of drug-likeness (QED) is 0.490. The predicted molar refractivity (Wildman–Crippen MR) is 29.6 cm³/mol. The lowest BCUT2D eigenvalue weighted by Gasteiger charge is -2.27. The molecule has 0 radical (unpaired) electrons. The van der Waals surface area contributed by atoms with Gasteiger partial charge in [-0.25, -0.2) is 0 Å². The van der Waals surface area contributed by atoms with Crippen molar-refractivity contribution in [2.24, 2.45) is 5.73 Å². The fraction of sp³-hybridized carbons (Fsp3) is 1.00. The molecule has 6 heavy (non-hydrogen) atoms. The minimum absolute atomic E-state index is 0.458. The Hall–Kier alpha value is 0.310. The normalized spacial score (nSPS) is 45.0. The minimum atomic E-state index is 0.458. The van der Waals surface area contributed by atoms with E-state index >= 15 is 0 Å². The lowest BCUT2D eigenvalue weighted by atomic mass is 10.3. The van der Waals surface area contributed by atoms with Crippen LogP contribution in [-0.4, -0.2) is 10.6 Å². The zero-order chi connectivity index (χ0) is 4.57. The fourth-order valence-corrected chi connectivity index (χ4v) is 1.57. The van der Waals surface area contributed by atoms with Crippen LogP contribution in [0.3, 0.4) is 0 Å². The Balaban J connectivity index is 2.11. The summed E-state index contributed by atoms with van der Waals surface area (Å²) in [7, 11) is 0. The summed E-state index contributed by atoms with van der Waals surface area (Å²) in [4.78, 5) is 0. The van der Waals surface area contributed by atoms with Gasteiger partial charge in [-0.3, -0.25) is 0 Å². The Bertz CT molecular complexity index is 43.5. The minimum Gasteiger partial charge on any atom is -0.319 e. The highest BCUT2D eigenvalue weighted by atomic mass is 32.2. The maximum atomic E-state index is 5.43. The van der Waals surface area contributed by atoms with Crippen molar-refractivity contribution in [3.63, 3.8) is 0 Å². The van der Waals surface area contributed by atoms with Gasteiger partial charge in [0.15, 0.2) is 0 Å². The lowest BCUT2D eigenvalue weighted by molar-refractivity contribution is 0.717. The van der Waals surface area contributed by atoms with Crippen LogP contribution in [0.2, 0.25) is 0 Å². The van der Waals surface area contributed by atoms with Gasteiger partial charge in [-0.15, -0.1) is 11.8 Å². The van der Waals surface area contributed by atoms with E-state index in [0.29, 0.717) is 5.37 Å². The van der Waals surface area contributed by atoms with Crippen LogP contribution in [0.4, 0.5) is 0 Å². The summed E-state index contributed by atoms with van der Waals surface area (Å²) >= 11 is 1.86. The molecule has 1 rings (SSSR count). The molecule has 1 heterocycles. The van der Waals surface area contributed by atoms with E-state index in [0.717, 1.165) is 5.25 Å². The summed E-state index contributed by atoms with van der Waals surface area (Å²) in [5.41, 5.74) is 5.43. The topological polar surface area (TPSA) is 26.0 Å². The molecule has 0 aromatic rings. The van der Waals surface area contributed by atoms with Crippen molar-refractivity contribution in [2.45, 2.75) is 24.0 Å². The van der Waals surface area contributed by atoms with E-state index in [4.69, 9.17) is 5.73 Å². The van der Waals surface area contributed by atoms with Gasteiger partial charge in [0.2, 0.25) is 0 Å². The van der Waals surface area contributed by atoms with Crippen LogP contribution in [0.15, 0.2) is 0 Å². The maximum Gasteiger partial charge on any atom is 0.0520 e. The molecule has 1 aliphatic rings. The first-order valence-electron chi connectivity index (χ1n) is 2.20. The molecule has 0 saturated carbocycles. The predicted octanol–water partition coefficient (Wildman–Crippen LogP) is 0.797. The number of hydrogen-bond donors (Lipinski definition) is 1. The summed E-state index contributed by atoms with van der Waals surface area (Å²) in [5.74, 6) is 0. The highest BCUT2D eigenvalue weighted by Crippen LogP contribution is 2.31. The van der Waals surface area contributed by atoms with Crippen molar-refractivity contribution in [3.8, 4) is 0 Å². The third-order valence-corrected chi connectivity index (χ3v) is 2.17. The Morgan fingerprint density at radius 1 is 1.83 bits per heavy atom. The van der Waals surface area contributed by atoms with Gasteiger partial charge in [0, 0.05) is 5.25 Å². The molecule has 1 saturated heterocycles. The standard InChI is InChI=1S/C4H9NS/c1-3-2-4(5)6-3/h3-4H,2,5H2,1H3. The SMILES string of the molecule is CC1CC(N)S1. The molecule has 2 N–H and O–H groups in total. The molecule has 2 unspecified atom stereocenters. The number of hydrogen-bond acceptors (Lipinski definition) is 2. The van der Waals surface area contributed by atoms with Crippen LogP contribution < -0.4 is 5.73 Å². The second-order valence-corrected chi connectivity index (χ2v) is 3.40. The maximum absolute atomic E-state index is 5.43. The molecule has 0 bridgehead atoms. The van der Waals surface area contributed by atoms with Gasteiger partial charge in [-0.05, 0) is 6.42 Å². The molecular weight excluding hydrogens is 94.1 g/mol. The number of rotatable bonds is 0. The van der Waals surface area contributed by atoms with Crippen LogP contribution in [0.25, 0.3) is 0 Å². The summed E-state index contributed by atoms with van der Waals surface area (Å²) in [6.07, 6.45) is 1.21. The van der Waals surface area contributed by atoms with E-state index < -0.39 is 0 Å². The molecule has 36 valence electrons. The molecule has 1 nitrogen and oxygen atoms in total. The first-order chi connectivity index (χ1) is 2.79. The van der Waals surface area contributed by atoms with E-state index in [1.807, 2.05) is 11.8 Å². The molecule has 2 heteroatoms. The third-order valence-electron chi connectivity index (χ3n) is 0.971.